The number of carbonyl (C=O) groups is 1. The quantitative estimate of drug-likeness (QED) is 0.762. The van der Waals surface area contributed by atoms with Crippen molar-refractivity contribution in [2.45, 2.75) is 30.6 Å². The molecule has 1 heterocycles. The van der Waals surface area contributed by atoms with Crippen molar-refractivity contribution in [3.05, 3.63) is 59.7 Å². The number of nitrogens with zero attached hydrogens (tertiary/aromatic N) is 1. The van der Waals surface area contributed by atoms with Gasteiger partial charge in [0.1, 0.15) is 0 Å². The van der Waals surface area contributed by atoms with Crippen LogP contribution in [-0.2, 0) is 16.4 Å². The van der Waals surface area contributed by atoms with Gasteiger partial charge in [-0.05, 0) is 49.4 Å². The Hall–Kier alpha value is -2.38. The monoisotopic (exact) mass is 388 g/mol. The van der Waals surface area contributed by atoms with E-state index in [4.69, 9.17) is 0 Å². The van der Waals surface area contributed by atoms with Gasteiger partial charge in [-0.3, -0.25) is 0 Å². The molecule has 1 saturated heterocycles. The summed E-state index contributed by atoms with van der Waals surface area (Å²) in [5, 5.41) is 9.57. The van der Waals surface area contributed by atoms with E-state index in [1.807, 2.05) is 35.2 Å². The Labute approximate surface area is 159 Å². The van der Waals surface area contributed by atoms with Gasteiger partial charge in [0.25, 0.3) is 0 Å². The van der Waals surface area contributed by atoms with E-state index >= 15 is 0 Å². The largest absolute Gasteiger partial charge is 0.478 e. The molecule has 7 heteroatoms. The second-order valence-corrected chi connectivity index (χ2v) is 8.43. The summed E-state index contributed by atoms with van der Waals surface area (Å²) in [6.45, 7) is 1.84. The zero-order chi connectivity index (χ0) is 19.3. The van der Waals surface area contributed by atoms with E-state index in [0.29, 0.717) is 12.1 Å². The number of hydrogen-bond donors (Lipinski definition) is 2. The maximum Gasteiger partial charge on any atom is 0.337 e. The van der Waals surface area contributed by atoms with Crippen molar-refractivity contribution >= 4 is 21.7 Å². The molecular weight excluding hydrogens is 364 g/mol. The second kappa shape index (κ2) is 8.54. The number of hydrogen-bond acceptors (Lipinski definition) is 4. The van der Waals surface area contributed by atoms with Gasteiger partial charge in [-0.25, -0.2) is 17.9 Å². The molecule has 0 saturated carbocycles. The molecule has 1 fully saturated rings. The molecule has 27 heavy (non-hydrogen) atoms. The van der Waals surface area contributed by atoms with Crippen LogP contribution in [0.3, 0.4) is 0 Å². The zero-order valence-corrected chi connectivity index (χ0v) is 15.9. The Balaban J connectivity index is 1.76. The molecule has 144 valence electrons. The minimum Gasteiger partial charge on any atom is -0.478 e. The van der Waals surface area contributed by atoms with Gasteiger partial charge in [0, 0.05) is 19.6 Å². The molecule has 0 amide bonds. The number of nitrogens with one attached hydrogen (secondary N) is 1. The Morgan fingerprint density at radius 1 is 1.04 bits per heavy atom. The van der Waals surface area contributed by atoms with Crippen molar-refractivity contribution < 1.29 is 18.3 Å². The molecule has 0 aromatic heterocycles. The first-order valence-electron chi connectivity index (χ1n) is 9.13. The molecule has 0 aliphatic carbocycles. The molecule has 0 atom stereocenters. The SMILES string of the molecule is O=C(O)c1cc(S(=O)(=O)NCCc2ccccc2)ccc1N1CCCCC1. The number of anilines is 1. The van der Waals surface area contributed by atoms with Crippen molar-refractivity contribution in [3.8, 4) is 0 Å². The van der Waals surface area contributed by atoms with Gasteiger partial charge in [-0.15, -0.1) is 0 Å². The molecular formula is C20H24N2O4S. The third-order valence-corrected chi connectivity index (χ3v) is 6.21. The molecule has 0 unspecified atom stereocenters. The number of sulfonamides is 1. The number of rotatable bonds is 7. The lowest BCUT2D eigenvalue weighted by atomic mass is 10.1. The van der Waals surface area contributed by atoms with Gasteiger partial charge in [0.05, 0.1) is 16.1 Å². The van der Waals surface area contributed by atoms with E-state index in [1.54, 1.807) is 6.07 Å². The van der Waals surface area contributed by atoms with Crippen LogP contribution in [0, 0.1) is 0 Å². The predicted molar refractivity (Wildman–Crippen MR) is 105 cm³/mol. The summed E-state index contributed by atoms with van der Waals surface area (Å²) in [7, 11) is -3.77. The van der Waals surface area contributed by atoms with Crippen LogP contribution < -0.4 is 9.62 Å². The lowest BCUT2D eigenvalue weighted by Crippen LogP contribution is -2.31. The fraction of sp³-hybridized carbons (Fsp3) is 0.350. The number of aromatic carboxylic acids is 1. The van der Waals surface area contributed by atoms with Gasteiger partial charge >= 0.3 is 5.97 Å². The van der Waals surface area contributed by atoms with Crippen LogP contribution in [0.1, 0.15) is 35.2 Å². The minimum atomic E-state index is -3.77. The van der Waals surface area contributed by atoms with E-state index in [0.717, 1.165) is 37.9 Å². The lowest BCUT2D eigenvalue weighted by Gasteiger charge is -2.30. The number of piperidine rings is 1. The molecule has 0 radical (unpaired) electrons. The maximum absolute atomic E-state index is 12.6. The smallest absolute Gasteiger partial charge is 0.337 e. The second-order valence-electron chi connectivity index (χ2n) is 6.67. The summed E-state index contributed by atoms with van der Waals surface area (Å²) in [5.74, 6) is -1.11. The molecule has 2 aromatic rings. The number of carboxylic acids is 1. The molecule has 2 aromatic carbocycles. The summed E-state index contributed by atoms with van der Waals surface area (Å²) in [6, 6.07) is 13.9. The van der Waals surface area contributed by atoms with Crippen LogP contribution >= 0.6 is 0 Å². The predicted octanol–water partition coefficient (Wildman–Crippen LogP) is 2.90. The van der Waals surface area contributed by atoms with Gasteiger partial charge in [0.2, 0.25) is 10.0 Å². The van der Waals surface area contributed by atoms with Crippen molar-refractivity contribution in [1.82, 2.24) is 4.72 Å². The minimum absolute atomic E-state index is 0.0197. The van der Waals surface area contributed by atoms with Gasteiger partial charge in [-0.1, -0.05) is 30.3 Å². The molecule has 3 rings (SSSR count). The normalized spacial score (nSPS) is 14.9. The third kappa shape index (κ3) is 4.87. The maximum atomic E-state index is 12.6. The van der Waals surface area contributed by atoms with Gasteiger partial charge < -0.3 is 10.0 Å². The Morgan fingerprint density at radius 3 is 2.41 bits per heavy atom. The molecule has 0 spiro atoms. The number of benzene rings is 2. The summed E-state index contributed by atoms with van der Waals surface area (Å²) < 4.78 is 27.7. The van der Waals surface area contributed by atoms with E-state index in [1.165, 1.54) is 12.1 Å². The highest BCUT2D eigenvalue weighted by Crippen LogP contribution is 2.27. The fourth-order valence-electron chi connectivity index (χ4n) is 3.32. The molecule has 0 bridgehead atoms. The average molecular weight is 388 g/mol. The van der Waals surface area contributed by atoms with Crippen molar-refractivity contribution in [2.75, 3.05) is 24.5 Å². The van der Waals surface area contributed by atoms with Crippen LogP contribution in [0.5, 0.6) is 0 Å². The van der Waals surface area contributed by atoms with Crippen LogP contribution in [0.25, 0.3) is 0 Å². The van der Waals surface area contributed by atoms with E-state index in [-0.39, 0.29) is 17.0 Å². The summed E-state index contributed by atoms with van der Waals surface area (Å²) in [4.78, 5) is 13.7. The topological polar surface area (TPSA) is 86.7 Å². The molecule has 1 aliphatic rings. The average Bonchev–Trinajstić information content (AvgIpc) is 2.69. The van der Waals surface area contributed by atoms with Crippen LogP contribution in [-0.4, -0.2) is 39.1 Å². The number of carboxylic acid groups (broad SMARTS) is 1. The standard InChI is InChI=1S/C20H24N2O4S/c23-20(24)18-15-17(9-10-19(18)22-13-5-2-6-14-22)27(25,26)21-12-11-16-7-3-1-4-8-16/h1,3-4,7-10,15,21H,2,5-6,11-14H2,(H,23,24). The summed E-state index contributed by atoms with van der Waals surface area (Å²) in [5.41, 5.74) is 1.65. The first kappa shape index (κ1) is 19.4. The molecule has 6 nitrogen and oxygen atoms in total. The van der Waals surface area contributed by atoms with Crippen molar-refractivity contribution in [1.29, 1.82) is 0 Å². The Morgan fingerprint density at radius 2 is 1.74 bits per heavy atom. The van der Waals surface area contributed by atoms with Crippen LogP contribution in [0.4, 0.5) is 5.69 Å². The highest BCUT2D eigenvalue weighted by Gasteiger charge is 2.22. The van der Waals surface area contributed by atoms with E-state index in [2.05, 4.69) is 4.72 Å². The zero-order valence-electron chi connectivity index (χ0n) is 15.1. The summed E-state index contributed by atoms with van der Waals surface area (Å²) in [6.07, 6.45) is 3.73. The van der Waals surface area contributed by atoms with Gasteiger partial charge in [0.15, 0.2) is 0 Å². The Kier molecular flexibility index (Phi) is 6.13. The van der Waals surface area contributed by atoms with Gasteiger partial charge in [-0.2, -0.15) is 0 Å². The van der Waals surface area contributed by atoms with Crippen molar-refractivity contribution in [2.24, 2.45) is 0 Å². The fourth-order valence-corrected chi connectivity index (χ4v) is 4.38. The highest BCUT2D eigenvalue weighted by atomic mass is 32.2. The first-order chi connectivity index (χ1) is 13.0. The first-order valence-corrected chi connectivity index (χ1v) is 10.6. The van der Waals surface area contributed by atoms with Crippen LogP contribution in [0.2, 0.25) is 0 Å². The lowest BCUT2D eigenvalue weighted by molar-refractivity contribution is 0.0697. The Bertz CT molecular complexity index is 891. The molecule has 1 aliphatic heterocycles. The third-order valence-electron chi connectivity index (χ3n) is 4.75. The van der Waals surface area contributed by atoms with Crippen molar-refractivity contribution in [3.63, 3.8) is 0 Å². The molecule has 2 N–H and O–H groups in total. The van der Waals surface area contributed by atoms with E-state index in [9.17, 15) is 18.3 Å². The summed E-state index contributed by atoms with van der Waals surface area (Å²) >= 11 is 0. The van der Waals surface area contributed by atoms with Crippen LogP contribution in [0.15, 0.2) is 53.4 Å². The van der Waals surface area contributed by atoms with E-state index < -0.39 is 16.0 Å². The highest BCUT2D eigenvalue weighted by molar-refractivity contribution is 7.89.